The van der Waals surface area contributed by atoms with Gasteiger partial charge in [0.2, 0.25) is 21.8 Å². The minimum atomic E-state index is -3.81. The third-order valence-corrected chi connectivity index (χ3v) is 6.09. The zero-order chi connectivity index (χ0) is 21.4. The van der Waals surface area contributed by atoms with E-state index in [2.05, 4.69) is 15.5 Å². The number of sulfonamides is 1. The summed E-state index contributed by atoms with van der Waals surface area (Å²) in [6.07, 6.45) is 0. The van der Waals surface area contributed by atoms with E-state index in [4.69, 9.17) is 9.66 Å². The molecule has 1 amide bonds. The van der Waals surface area contributed by atoms with Gasteiger partial charge in [-0.15, -0.1) is 0 Å². The molecule has 0 aliphatic carbocycles. The summed E-state index contributed by atoms with van der Waals surface area (Å²) in [6, 6.07) is 6.25. The second-order valence-corrected chi connectivity index (χ2v) is 10.0. The van der Waals surface area contributed by atoms with Crippen molar-refractivity contribution >= 4 is 44.6 Å². The van der Waals surface area contributed by atoms with Crippen molar-refractivity contribution < 1.29 is 17.7 Å². The maximum absolute atomic E-state index is 12.3. The first kappa shape index (κ1) is 21.3. The number of aromatic nitrogens is 3. The number of carbonyl (C=O) groups is 1. The molecular weight excluding hydrogens is 414 g/mol. The molecule has 9 nitrogen and oxygen atoms in total. The summed E-state index contributed by atoms with van der Waals surface area (Å²) in [4.78, 5) is 16.8. The van der Waals surface area contributed by atoms with Crippen molar-refractivity contribution in [2.24, 2.45) is 5.14 Å². The van der Waals surface area contributed by atoms with E-state index in [0.717, 1.165) is 11.2 Å². The molecule has 2 heterocycles. The van der Waals surface area contributed by atoms with E-state index in [1.807, 2.05) is 32.3 Å². The van der Waals surface area contributed by atoms with Crippen LogP contribution in [0.1, 0.15) is 33.4 Å². The molecule has 0 saturated carbocycles. The van der Waals surface area contributed by atoms with Crippen molar-refractivity contribution in [3.8, 4) is 0 Å². The molecule has 0 bridgehead atoms. The number of primary sulfonamides is 1. The van der Waals surface area contributed by atoms with Crippen molar-refractivity contribution in [3.05, 3.63) is 30.0 Å². The molecule has 0 saturated heterocycles. The van der Waals surface area contributed by atoms with E-state index in [0.29, 0.717) is 23.1 Å². The Hall–Kier alpha value is -2.37. The van der Waals surface area contributed by atoms with Gasteiger partial charge in [0.1, 0.15) is 0 Å². The predicted octanol–water partition coefficient (Wildman–Crippen LogP) is 2.72. The quantitative estimate of drug-likeness (QED) is 0.566. The number of thioether (sulfide) groups is 1. The lowest BCUT2D eigenvalue weighted by molar-refractivity contribution is -0.113. The number of carbonyl (C=O) groups excluding carboxylic acids is 1. The number of benzene rings is 1. The summed E-state index contributed by atoms with van der Waals surface area (Å²) in [7, 11) is -3.81. The van der Waals surface area contributed by atoms with Crippen LogP contribution in [0.5, 0.6) is 0 Å². The second kappa shape index (κ2) is 7.81. The second-order valence-electron chi connectivity index (χ2n) is 7.50. The zero-order valence-corrected chi connectivity index (χ0v) is 18.2. The molecule has 0 atom stereocenters. The molecule has 0 aliphatic heterocycles. The molecule has 0 aliphatic rings. The summed E-state index contributed by atoms with van der Waals surface area (Å²) < 4.78 is 30.2. The van der Waals surface area contributed by atoms with Gasteiger partial charge in [0.25, 0.3) is 0 Å². The van der Waals surface area contributed by atoms with E-state index >= 15 is 0 Å². The molecule has 0 unspecified atom stereocenters. The van der Waals surface area contributed by atoms with Crippen LogP contribution in [-0.2, 0) is 26.8 Å². The number of amides is 1. The largest absolute Gasteiger partial charge is 0.338 e. The third-order valence-electron chi connectivity index (χ3n) is 4.20. The molecule has 11 heteroatoms. The van der Waals surface area contributed by atoms with Crippen molar-refractivity contribution in [2.75, 3.05) is 11.1 Å². The van der Waals surface area contributed by atoms with E-state index in [1.165, 1.54) is 23.9 Å². The molecule has 156 valence electrons. The van der Waals surface area contributed by atoms with Crippen LogP contribution in [0.3, 0.4) is 0 Å². The number of hydrogen-bond donors (Lipinski definition) is 2. The third kappa shape index (κ3) is 4.80. The van der Waals surface area contributed by atoms with Crippen LogP contribution >= 0.6 is 11.8 Å². The topological polar surface area (TPSA) is 133 Å². The normalized spacial score (nSPS) is 12.4. The smallest absolute Gasteiger partial charge is 0.238 e. The minimum Gasteiger partial charge on any atom is -0.338 e. The van der Waals surface area contributed by atoms with E-state index in [9.17, 15) is 13.2 Å². The summed E-state index contributed by atoms with van der Waals surface area (Å²) in [5, 5.41) is 12.5. The Labute approximate surface area is 173 Å². The predicted molar refractivity (Wildman–Crippen MR) is 111 cm³/mol. The van der Waals surface area contributed by atoms with Gasteiger partial charge in [-0.25, -0.2) is 18.5 Å². The Morgan fingerprint density at radius 3 is 2.62 bits per heavy atom. The lowest BCUT2D eigenvalue weighted by atomic mass is 9.92. The number of imidazole rings is 1. The highest BCUT2D eigenvalue weighted by atomic mass is 32.2. The molecule has 0 fully saturated rings. The standard InChI is InChI=1S/C18H23N5O4S2/c1-5-23-13-7-6-11(29(19,25)26)8-12(13)20-17(23)28-10-15(24)21-16-9-14(22-27-16)18(2,3)4/h6-9H,5,10H2,1-4H3,(H,21,24)(H2,19,25,26). The minimum absolute atomic E-state index is 0.0000167. The molecule has 3 N–H and O–H groups in total. The number of nitrogens with zero attached hydrogens (tertiary/aromatic N) is 3. The maximum Gasteiger partial charge on any atom is 0.238 e. The summed E-state index contributed by atoms with van der Waals surface area (Å²) >= 11 is 1.25. The maximum atomic E-state index is 12.3. The Bertz CT molecular complexity index is 1160. The SMILES string of the molecule is CCn1c(SCC(=O)Nc2cc(C(C)(C)C)no2)nc2cc(S(N)(=O)=O)ccc21. The molecule has 0 spiro atoms. The number of nitrogens with one attached hydrogen (secondary N) is 1. The van der Waals surface area contributed by atoms with Crippen LogP contribution < -0.4 is 10.5 Å². The Kier molecular flexibility index (Phi) is 5.74. The van der Waals surface area contributed by atoms with Gasteiger partial charge in [-0.05, 0) is 25.1 Å². The Balaban J connectivity index is 1.74. The summed E-state index contributed by atoms with van der Waals surface area (Å²) in [6.45, 7) is 8.57. The first-order chi connectivity index (χ1) is 13.5. The van der Waals surface area contributed by atoms with Crippen LogP contribution in [0, 0.1) is 0 Å². The fraction of sp³-hybridized carbons (Fsp3) is 0.389. The number of rotatable bonds is 6. The summed E-state index contributed by atoms with van der Waals surface area (Å²) in [5.41, 5.74) is 1.85. The van der Waals surface area contributed by atoms with E-state index < -0.39 is 10.0 Å². The number of hydrogen-bond acceptors (Lipinski definition) is 7. The van der Waals surface area contributed by atoms with Crippen LogP contribution in [0.15, 0.2) is 38.8 Å². The average Bonchev–Trinajstić information content (AvgIpc) is 3.22. The molecule has 3 aromatic rings. The molecule has 2 aromatic heterocycles. The number of nitrogens with two attached hydrogens (primary N) is 1. The Morgan fingerprint density at radius 1 is 1.31 bits per heavy atom. The molecule has 1 aromatic carbocycles. The van der Waals surface area contributed by atoms with Crippen molar-refractivity contribution in [3.63, 3.8) is 0 Å². The van der Waals surface area contributed by atoms with Crippen molar-refractivity contribution in [1.29, 1.82) is 0 Å². The lowest BCUT2D eigenvalue weighted by Gasteiger charge is -2.12. The highest BCUT2D eigenvalue weighted by Gasteiger charge is 2.20. The number of aryl methyl sites for hydroxylation is 1. The van der Waals surface area contributed by atoms with Crippen molar-refractivity contribution in [1.82, 2.24) is 14.7 Å². The summed E-state index contributed by atoms with van der Waals surface area (Å²) in [5.74, 6) is 0.144. The zero-order valence-electron chi connectivity index (χ0n) is 16.6. The fourth-order valence-electron chi connectivity index (χ4n) is 2.67. The average molecular weight is 438 g/mol. The Morgan fingerprint density at radius 2 is 2.03 bits per heavy atom. The molecule has 0 radical (unpaired) electrons. The number of fused-ring (bicyclic) bond motifs is 1. The van der Waals surface area contributed by atoms with E-state index in [-0.39, 0.29) is 22.0 Å². The van der Waals surface area contributed by atoms with Crippen LogP contribution in [0.4, 0.5) is 5.88 Å². The number of anilines is 1. The van der Waals surface area contributed by atoms with Gasteiger partial charge in [0.05, 0.1) is 27.4 Å². The van der Waals surface area contributed by atoms with Gasteiger partial charge < -0.3 is 9.09 Å². The van der Waals surface area contributed by atoms with Crippen LogP contribution in [0.2, 0.25) is 0 Å². The van der Waals surface area contributed by atoms with Gasteiger partial charge in [-0.3, -0.25) is 10.1 Å². The highest BCUT2D eigenvalue weighted by Crippen LogP contribution is 2.27. The highest BCUT2D eigenvalue weighted by molar-refractivity contribution is 7.99. The van der Waals surface area contributed by atoms with Gasteiger partial charge in [0.15, 0.2) is 5.16 Å². The monoisotopic (exact) mass is 437 g/mol. The molecule has 29 heavy (non-hydrogen) atoms. The van der Waals surface area contributed by atoms with Crippen LogP contribution in [-0.4, -0.2) is 34.8 Å². The first-order valence-corrected chi connectivity index (χ1v) is 11.4. The van der Waals surface area contributed by atoms with Gasteiger partial charge in [-0.2, -0.15) is 0 Å². The van der Waals surface area contributed by atoms with Crippen molar-refractivity contribution in [2.45, 2.75) is 49.7 Å². The van der Waals surface area contributed by atoms with E-state index in [1.54, 1.807) is 12.1 Å². The fourth-order valence-corrected chi connectivity index (χ4v) is 4.08. The molecular formula is C18H23N5O4S2. The van der Waals surface area contributed by atoms with Gasteiger partial charge in [0, 0.05) is 18.0 Å². The van der Waals surface area contributed by atoms with Gasteiger partial charge >= 0.3 is 0 Å². The van der Waals surface area contributed by atoms with Crippen LogP contribution in [0.25, 0.3) is 11.0 Å². The first-order valence-electron chi connectivity index (χ1n) is 8.92. The lowest BCUT2D eigenvalue weighted by Crippen LogP contribution is -2.14. The molecule has 3 rings (SSSR count). The van der Waals surface area contributed by atoms with Gasteiger partial charge in [-0.1, -0.05) is 37.7 Å².